The number of hydrogen-bond donors (Lipinski definition) is 0. The van der Waals surface area contributed by atoms with Crippen molar-refractivity contribution in [3.8, 4) is 0 Å². The third-order valence-corrected chi connectivity index (χ3v) is 0.517. The minimum Gasteiger partial charge on any atom is -1.00 e. The summed E-state index contributed by atoms with van der Waals surface area (Å²) in [6, 6.07) is 5.50. The van der Waals surface area contributed by atoms with E-state index in [1.807, 2.05) is 12.1 Å². The summed E-state index contributed by atoms with van der Waals surface area (Å²) in [6.45, 7) is 0. The summed E-state index contributed by atoms with van der Waals surface area (Å²) in [6.07, 6.45) is 4.34. The number of rotatable bonds is 0. The SMILES string of the molecule is [Cl-].[Zn+2].[c-]1ccccn1. The molecule has 38 valence electrons. The molecule has 1 aromatic heterocycles. The van der Waals surface area contributed by atoms with Crippen LogP contribution in [0.4, 0.5) is 0 Å². The van der Waals surface area contributed by atoms with Gasteiger partial charge >= 0.3 is 19.5 Å². The van der Waals surface area contributed by atoms with E-state index >= 15 is 0 Å². The fourth-order valence-corrected chi connectivity index (χ4v) is 0.277. The Labute approximate surface area is 67.7 Å². The van der Waals surface area contributed by atoms with Crippen molar-refractivity contribution in [2.24, 2.45) is 0 Å². The molecule has 0 aliphatic rings. The van der Waals surface area contributed by atoms with Crippen LogP contribution in [-0.4, -0.2) is 4.98 Å². The molecule has 0 fully saturated rings. The summed E-state index contributed by atoms with van der Waals surface area (Å²) in [7, 11) is 0. The van der Waals surface area contributed by atoms with Crippen LogP contribution in [0.25, 0.3) is 0 Å². The standard InChI is InChI=1S/C5H4N.ClH.Zn/c1-2-4-6-5-3-1;;/h1-4H;1H;/q-1;;+2/p-1. The van der Waals surface area contributed by atoms with Crippen LogP contribution >= 0.6 is 0 Å². The zero-order valence-corrected chi connectivity index (χ0v) is 8.06. The van der Waals surface area contributed by atoms with Crippen molar-refractivity contribution in [1.82, 2.24) is 4.98 Å². The Bertz CT molecular complexity index is 84.4. The van der Waals surface area contributed by atoms with Gasteiger partial charge in [-0.25, -0.2) is 0 Å². The second kappa shape index (κ2) is 7.06. The Morgan fingerprint density at radius 1 is 1.25 bits per heavy atom. The maximum atomic E-state index is 3.66. The van der Waals surface area contributed by atoms with Crippen molar-refractivity contribution in [1.29, 1.82) is 0 Å². The van der Waals surface area contributed by atoms with Crippen LogP contribution in [0.3, 0.4) is 0 Å². The van der Waals surface area contributed by atoms with Gasteiger partial charge in [-0.15, -0.1) is 0 Å². The van der Waals surface area contributed by atoms with Gasteiger partial charge in [-0.1, -0.05) is 12.4 Å². The Morgan fingerprint density at radius 2 is 2.00 bits per heavy atom. The van der Waals surface area contributed by atoms with Gasteiger partial charge in [0, 0.05) is 0 Å². The van der Waals surface area contributed by atoms with E-state index in [-0.39, 0.29) is 31.9 Å². The number of nitrogens with zero attached hydrogens (tertiary/aromatic N) is 1. The first-order chi connectivity index (χ1) is 3.00. The minimum absolute atomic E-state index is 0. The maximum Gasteiger partial charge on any atom is 2.00 e. The van der Waals surface area contributed by atoms with Gasteiger partial charge in [0.05, 0.1) is 0 Å². The molecule has 3 heteroatoms. The topological polar surface area (TPSA) is 12.9 Å². The van der Waals surface area contributed by atoms with Crippen LogP contribution in [0.1, 0.15) is 0 Å². The second-order valence-electron chi connectivity index (χ2n) is 0.959. The van der Waals surface area contributed by atoms with E-state index in [9.17, 15) is 0 Å². The second-order valence-corrected chi connectivity index (χ2v) is 0.959. The van der Waals surface area contributed by atoms with Crippen molar-refractivity contribution in [2.45, 2.75) is 0 Å². The molecule has 0 saturated carbocycles. The number of halogens is 1. The Balaban J connectivity index is 0. The van der Waals surface area contributed by atoms with Crippen molar-refractivity contribution < 1.29 is 31.9 Å². The molecule has 0 aromatic carbocycles. The molecule has 0 aliphatic carbocycles. The summed E-state index contributed by atoms with van der Waals surface area (Å²) in [4.78, 5) is 3.66. The molecular weight excluding hydrogens is 175 g/mol. The Kier molecular flexibility index (Phi) is 9.66. The van der Waals surface area contributed by atoms with Crippen LogP contribution in [-0.2, 0) is 19.5 Å². The van der Waals surface area contributed by atoms with Gasteiger partial charge in [-0.2, -0.15) is 18.2 Å². The van der Waals surface area contributed by atoms with Crippen LogP contribution in [0.15, 0.2) is 24.4 Å². The fraction of sp³-hybridized carbons (Fsp3) is 0. The quantitative estimate of drug-likeness (QED) is 0.328. The molecular formula is C5H4ClNZn. The monoisotopic (exact) mass is 177 g/mol. The third kappa shape index (κ3) is 4.23. The first-order valence-electron chi connectivity index (χ1n) is 1.77. The van der Waals surface area contributed by atoms with Gasteiger partial charge in [0.25, 0.3) is 0 Å². The molecule has 0 N–H and O–H groups in total. The summed E-state index contributed by atoms with van der Waals surface area (Å²) in [5, 5.41) is 0. The fourth-order valence-electron chi connectivity index (χ4n) is 0.277. The number of hydrogen-bond acceptors (Lipinski definition) is 1. The normalized spacial score (nSPS) is 6.00. The van der Waals surface area contributed by atoms with Crippen molar-refractivity contribution in [3.63, 3.8) is 0 Å². The van der Waals surface area contributed by atoms with Gasteiger partial charge in [-0.3, -0.25) is 0 Å². The summed E-state index contributed by atoms with van der Waals surface area (Å²) in [5.74, 6) is 0. The van der Waals surface area contributed by atoms with Gasteiger partial charge in [0.1, 0.15) is 0 Å². The predicted octanol–water partition coefficient (Wildman–Crippen LogP) is -2.12. The first kappa shape index (κ1) is 10.9. The number of pyridine rings is 1. The molecule has 0 aliphatic heterocycles. The van der Waals surface area contributed by atoms with Crippen molar-refractivity contribution in [2.75, 3.05) is 0 Å². The molecule has 1 aromatic rings. The molecule has 8 heavy (non-hydrogen) atoms. The van der Waals surface area contributed by atoms with E-state index in [0.717, 1.165) is 0 Å². The molecule has 1 nitrogen and oxygen atoms in total. The molecule has 0 atom stereocenters. The predicted molar refractivity (Wildman–Crippen MR) is 23.1 cm³/mol. The number of aromatic nitrogens is 1. The molecule has 0 unspecified atom stereocenters. The van der Waals surface area contributed by atoms with Gasteiger partial charge in [-0.05, 0) is 0 Å². The van der Waals surface area contributed by atoms with Crippen LogP contribution < -0.4 is 12.4 Å². The largest absolute Gasteiger partial charge is 2.00 e. The molecule has 0 bridgehead atoms. The van der Waals surface area contributed by atoms with Gasteiger partial charge in [0.15, 0.2) is 0 Å². The third-order valence-electron chi connectivity index (χ3n) is 0.517. The van der Waals surface area contributed by atoms with E-state index in [1.165, 1.54) is 0 Å². The molecule has 0 amide bonds. The van der Waals surface area contributed by atoms with E-state index in [4.69, 9.17) is 0 Å². The first-order valence-corrected chi connectivity index (χ1v) is 1.77. The molecule has 1 heterocycles. The maximum absolute atomic E-state index is 3.66. The molecule has 0 saturated heterocycles. The molecule has 0 radical (unpaired) electrons. The minimum atomic E-state index is 0. The summed E-state index contributed by atoms with van der Waals surface area (Å²) < 4.78 is 0. The Hall–Kier alpha value is 0.0634. The summed E-state index contributed by atoms with van der Waals surface area (Å²) in [5.41, 5.74) is 0. The van der Waals surface area contributed by atoms with E-state index in [1.54, 1.807) is 12.3 Å². The van der Waals surface area contributed by atoms with Crippen LogP contribution in [0.5, 0.6) is 0 Å². The van der Waals surface area contributed by atoms with E-state index in [0.29, 0.717) is 0 Å². The van der Waals surface area contributed by atoms with Crippen molar-refractivity contribution >= 4 is 0 Å². The average molecular weight is 179 g/mol. The zero-order valence-electron chi connectivity index (χ0n) is 4.34. The van der Waals surface area contributed by atoms with Gasteiger partial charge < -0.3 is 17.4 Å². The summed E-state index contributed by atoms with van der Waals surface area (Å²) >= 11 is 0. The smallest absolute Gasteiger partial charge is 1.00 e. The van der Waals surface area contributed by atoms with E-state index in [2.05, 4.69) is 11.2 Å². The van der Waals surface area contributed by atoms with Crippen LogP contribution in [0, 0.1) is 6.20 Å². The van der Waals surface area contributed by atoms with Gasteiger partial charge in [0.2, 0.25) is 0 Å². The molecule has 1 rings (SSSR count). The van der Waals surface area contributed by atoms with Crippen molar-refractivity contribution in [3.05, 3.63) is 30.6 Å². The zero-order chi connectivity index (χ0) is 4.24. The molecule has 0 spiro atoms. The average Bonchev–Trinajstić information content (AvgIpc) is 1.72. The Morgan fingerprint density at radius 3 is 2.12 bits per heavy atom. The van der Waals surface area contributed by atoms with Crippen LogP contribution in [0.2, 0.25) is 0 Å². The van der Waals surface area contributed by atoms with E-state index < -0.39 is 0 Å².